The van der Waals surface area contributed by atoms with Gasteiger partial charge in [-0.3, -0.25) is 9.59 Å². The van der Waals surface area contributed by atoms with E-state index in [0.29, 0.717) is 18.8 Å². The second-order valence-electron chi connectivity index (χ2n) is 9.84. The summed E-state index contributed by atoms with van der Waals surface area (Å²) in [5, 5.41) is 9.46. The SMILES string of the molecule is CCCCCCCCCCCCC(CCC(C)C)OC(=O)C1CCCCC1C(=O)O. The Morgan fingerprint density at radius 3 is 1.87 bits per heavy atom. The molecular weight excluding hydrogens is 376 g/mol. The third-order valence-electron chi connectivity index (χ3n) is 6.61. The Kier molecular flexibility index (Phi) is 14.9. The van der Waals surface area contributed by atoms with Crippen LogP contribution in [0.15, 0.2) is 0 Å². The summed E-state index contributed by atoms with van der Waals surface area (Å²) in [6, 6.07) is 0. The average Bonchev–Trinajstić information content (AvgIpc) is 2.72. The predicted octanol–water partition coefficient (Wildman–Crippen LogP) is 7.54. The molecule has 0 aromatic rings. The molecule has 0 amide bonds. The lowest BCUT2D eigenvalue weighted by molar-refractivity contribution is -0.164. The molecule has 1 saturated carbocycles. The zero-order valence-corrected chi connectivity index (χ0v) is 20.0. The van der Waals surface area contributed by atoms with Crippen LogP contribution in [0.2, 0.25) is 0 Å². The van der Waals surface area contributed by atoms with Crippen LogP contribution in [0.3, 0.4) is 0 Å². The molecule has 0 radical (unpaired) electrons. The maximum atomic E-state index is 12.8. The van der Waals surface area contributed by atoms with Crippen LogP contribution in [0.25, 0.3) is 0 Å². The van der Waals surface area contributed by atoms with Crippen LogP contribution in [0, 0.1) is 17.8 Å². The Labute approximate surface area is 185 Å². The number of carbonyl (C=O) groups is 2. The number of hydrogen-bond donors (Lipinski definition) is 1. The minimum absolute atomic E-state index is 0.0506. The monoisotopic (exact) mass is 424 g/mol. The lowest BCUT2D eigenvalue weighted by atomic mass is 9.79. The van der Waals surface area contributed by atoms with Gasteiger partial charge in [-0.15, -0.1) is 0 Å². The topological polar surface area (TPSA) is 63.6 Å². The van der Waals surface area contributed by atoms with E-state index in [2.05, 4.69) is 20.8 Å². The minimum atomic E-state index is -0.843. The van der Waals surface area contributed by atoms with Crippen molar-refractivity contribution in [3.63, 3.8) is 0 Å². The largest absolute Gasteiger partial charge is 0.481 e. The Bertz CT molecular complexity index is 460. The van der Waals surface area contributed by atoms with Crippen molar-refractivity contribution in [2.24, 2.45) is 17.8 Å². The fourth-order valence-electron chi connectivity index (χ4n) is 4.60. The highest BCUT2D eigenvalue weighted by molar-refractivity contribution is 5.81. The van der Waals surface area contributed by atoms with Gasteiger partial charge in [-0.05, 0) is 44.4 Å². The van der Waals surface area contributed by atoms with Crippen LogP contribution in [0.5, 0.6) is 0 Å². The molecule has 0 aromatic heterocycles. The number of rotatable bonds is 17. The van der Waals surface area contributed by atoms with Gasteiger partial charge in [0.2, 0.25) is 0 Å². The summed E-state index contributed by atoms with van der Waals surface area (Å²) in [7, 11) is 0. The van der Waals surface area contributed by atoms with E-state index < -0.39 is 17.8 Å². The molecule has 3 atom stereocenters. The number of hydrogen-bond acceptors (Lipinski definition) is 3. The molecular formula is C26H48O4. The molecule has 4 nitrogen and oxygen atoms in total. The summed E-state index contributed by atoms with van der Waals surface area (Å²) in [5.41, 5.74) is 0. The third-order valence-corrected chi connectivity index (χ3v) is 6.61. The molecule has 176 valence electrons. The van der Waals surface area contributed by atoms with E-state index in [9.17, 15) is 14.7 Å². The highest BCUT2D eigenvalue weighted by atomic mass is 16.5. The van der Waals surface area contributed by atoms with E-state index in [1.807, 2.05) is 0 Å². The van der Waals surface area contributed by atoms with Crippen molar-refractivity contribution in [2.75, 3.05) is 0 Å². The van der Waals surface area contributed by atoms with Gasteiger partial charge in [0.15, 0.2) is 0 Å². The first-order chi connectivity index (χ1) is 14.5. The predicted molar refractivity (Wildman–Crippen MR) is 123 cm³/mol. The molecule has 1 aliphatic carbocycles. The van der Waals surface area contributed by atoms with Crippen LogP contribution in [0.1, 0.15) is 130 Å². The normalized spacial score (nSPS) is 20.3. The first-order valence-corrected chi connectivity index (χ1v) is 12.9. The molecule has 1 N–H and O–H groups in total. The first-order valence-electron chi connectivity index (χ1n) is 12.9. The lowest BCUT2D eigenvalue weighted by Crippen LogP contribution is -2.35. The van der Waals surface area contributed by atoms with Crippen LogP contribution in [-0.2, 0) is 14.3 Å². The zero-order chi connectivity index (χ0) is 22.2. The number of aliphatic carboxylic acids is 1. The lowest BCUT2D eigenvalue weighted by Gasteiger charge is -2.29. The Balaban J connectivity index is 2.34. The maximum absolute atomic E-state index is 12.8. The number of carboxylic acids is 1. The van der Waals surface area contributed by atoms with E-state index in [0.717, 1.165) is 38.5 Å². The quantitative estimate of drug-likeness (QED) is 0.193. The molecule has 1 fully saturated rings. The number of ether oxygens (including phenoxy) is 1. The van der Waals surface area contributed by atoms with Gasteiger partial charge in [0, 0.05) is 0 Å². The molecule has 1 aliphatic rings. The van der Waals surface area contributed by atoms with E-state index in [1.54, 1.807) is 0 Å². The highest BCUT2D eigenvalue weighted by Crippen LogP contribution is 2.32. The molecule has 0 heterocycles. The summed E-state index contributed by atoms with van der Waals surface area (Å²) in [6.45, 7) is 6.65. The van der Waals surface area contributed by atoms with Gasteiger partial charge in [0.25, 0.3) is 0 Å². The highest BCUT2D eigenvalue weighted by Gasteiger charge is 2.37. The van der Waals surface area contributed by atoms with E-state index in [-0.39, 0.29) is 12.1 Å². The van der Waals surface area contributed by atoms with Gasteiger partial charge in [0.05, 0.1) is 11.8 Å². The van der Waals surface area contributed by atoms with Gasteiger partial charge < -0.3 is 9.84 Å². The van der Waals surface area contributed by atoms with Crippen LogP contribution >= 0.6 is 0 Å². The number of unbranched alkanes of at least 4 members (excludes halogenated alkanes) is 9. The van der Waals surface area contributed by atoms with E-state index >= 15 is 0 Å². The van der Waals surface area contributed by atoms with Gasteiger partial charge >= 0.3 is 11.9 Å². The molecule has 0 aromatic carbocycles. The van der Waals surface area contributed by atoms with Crippen molar-refractivity contribution in [1.29, 1.82) is 0 Å². The first kappa shape index (κ1) is 27.0. The molecule has 0 spiro atoms. The minimum Gasteiger partial charge on any atom is -0.481 e. The Morgan fingerprint density at radius 2 is 1.33 bits per heavy atom. The van der Waals surface area contributed by atoms with Gasteiger partial charge in [-0.2, -0.15) is 0 Å². The zero-order valence-electron chi connectivity index (χ0n) is 20.0. The van der Waals surface area contributed by atoms with Crippen molar-refractivity contribution >= 4 is 11.9 Å². The van der Waals surface area contributed by atoms with Crippen LogP contribution in [0.4, 0.5) is 0 Å². The van der Waals surface area contributed by atoms with Crippen molar-refractivity contribution < 1.29 is 19.4 Å². The Morgan fingerprint density at radius 1 is 0.800 bits per heavy atom. The molecule has 1 rings (SSSR count). The summed E-state index contributed by atoms with van der Waals surface area (Å²) in [4.78, 5) is 24.3. The fraction of sp³-hybridized carbons (Fsp3) is 0.923. The number of carbonyl (C=O) groups excluding carboxylic acids is 1. The van der Waals surface area contributed by atoms with E-state index in [1.165, 1.54) is 57.8 Å². The molecule has 3 unspecified atom stereocenters. The van der Waals surface area contributed by atoms with Gasteiger partial charge in [0.1, 0.15) is 6.10 Å². The molecule has 0 aliphatic heterocycles. The van der Waals surface area contributed by atoms with Crippen LogP contribution < -0.4 is 0 Å². The van der Waals surface area contributed by atoms with Gasteiger partial charge in [-0.25, -0.2) is 0 Å². The maximum Gasteiger partial charge on any atom is 0.310 e. The summed E-state index contributed by atoms with van der Waals surface area (Å²) < 4.78 is 5.90. The molecule has 30 heavy (non-hydrogen) atoms. The van der Waals surface area contributed by atoms with E-state index in [4.69, 9.17) is 4.74 Å². The molecule has 4 heteroatoms. The number of carboxylic acid groups (broad SMARTS) is 1. The van der Waals surface area contributed by atoms with Crippen LogP contribution in [-0.4, -0.2) is 23.1 Å². The smallest absolute Gasteiger partial charge is 0.310 e. The van der Waals surface area contributed by atoms with Crippen molar-refractivity contribution in [3.8, 4) is 0 Å². The summed E-state index contributed by atoms with van der Waals surface area (Å²) in [5.74, 6) is -1.53. The third kappa shape index (κ3) is 12.0. The average molecular weight is 425 g/mol. The van der Waals surface area contributed by atoms with Crippen molar-refractivity contribution in [3.05, 3.63) is 0 Å². The second-order valence-corrected chi connectivity index (χ2v) is 9.84. The van der Waals surface area contributed by atoms with Gasteiger partial charge in [-0.1, -0.05) is 91.4 Å². The van der Waals surface area contributed by atoms with Crippen molar-refractivity contribution in [1.82, 2.24) is 0 Å². The number of esters is 1. The second kappa shape index (κ2) is 16.6. The van der Waals surface area contributed by atoms with Crippen molar-refractivity contribution in [2.45, 2.75) is 136 Å². The molecule has 0 saturated heterocycles. The molecule has 0 bridgehead atoms. The fourth-order valence-corrected chi connectivity index (χ4v) is 4.60. The summed E-state index contributed by atoms with van der Waals surface area (Å²) in [6.07, 6.45) is 18.9. The standard InChI is InChI=1S/C26H48O4/c1-4-5-6-7-8-9-10-11-12-13-16-22(20-19-21(2)3)30-26(29)24-18-15-14-17-23(24)25(27)28/h21-24H,4-20H2,1-3H3,(H,27,28). The Hall–Kier alpha value is -1.06. The summed E-state index contributed by atoms with van der Waals surface area (Å²) >= 11 is 0.